The standard InChI is InChI=1S/C20H25N3O/c24-20(16-23-13-6-2-1-3-7-14-23)22-21-15-18-11-8-10-17-9-4-5-12-19(17)18/h4-5,8-12,15H,1-3,6-7,13-14,16H2,(H,22,24)/b21-15-. The van der Waals surface area contributed by atoms with Gasteiger partial charge in [-0.15, -0.1) is 0 Å². The first-order valence-corrected chi connectivity index (χ1v) is 8.85. The number of hydrogen-bond acceptors (Lipinski definition) is 3. The Morgan fingerprint density at radius 1 is 1.00 bits per heavy atom. The van der Waals surface area contributed by atoms with E-state index in [1.165, 1.54) is 37.5 Å². The number of nitrogens with one attached hydrogen (secondary N) is 1. The Kier molecular flexibility index (Phi) is 5.96. The first kappa shape index (κ1) is 16.7. The van der Waals surface area contributed by atoms with Gasteiger partial charge in [-0.1, -0.05) is 61.7 Å². The number of benzene rings is 2. The van der Waals surface area contributed by atoms with Gasteiger partial charge in [-0.3, -0.25) is 9.69 Å². The zero-order valence-electron chi connectivity index (χ0n) is 14.1. The Hall–Kier alpha value is -2.20. The van der Waals surface area contributed by atoms with Crippen molar-refractivity contribution >= 4 is 22.9 Å². The predicted molar refractivity (Wildman–Crippen MR) is 99.2 cm³/mol. The van der Waals surface area contributed by atoms with Gasteiger partial charge in [0.1, 0.15) is 0 Å². The quantitative estimate of drug-likeness (QED) is 0.691. The molecule has 2 aromatic carbocycles. The van der Waals surface area contributed by atoms with E-state index in [-0.39, 0.29) is 5.91 Å². The molecule has 1 fully saturated rings. The number of amides is 1. The van der Waals surface area contributed by atoms with Crippen LogP contribution in [0.5, 0.6) is 0 Å². The maximum atomic E-state index is 12.1. The van der Waals surface area contributed by atoms with Crippen molar-refractivity contribution in [3.05, 3.63) is 48.0 Å². The average Bonchev–Trinajstić information content (AvgIpc) is 2.57. The summed E-state index contributed by atoms with van der Waals surface area (Å²) in [5.41, 5.74) is 3.68. The molecule has 0 bridgehead atoms. The molecule has 0 aromatic heterocycles. The maximum Gasteiger partial charge on any atom is 0.254 e. The minimum Gasteiger partial charge on any atom is -0.294 e. The van der Waals surface area contributed by atoms with Crippen molar-refractivity contribution in [2.75, 3.05) is 19.6 Å². The van der Waals surface area contributed by atoms with E-state index in [0.29, 0.717) is 6.54 Å². The normalized spacial score (nSPS) is 16.8. The van der Waals surface area contributed by atoms with E-state index in [2.05, 4.69) is 33.6 Å². The van der Waals surface area contributed by atoms with Crippen molar-refractivity contribution < 1.29 is 4.79 Å². The third-order valence-electron chi connectivity index (χ3n) is 4.53. The van der Waals surface area contributed by atoms with Gasteiger partial charge in [0.05, 0.1) is 12.8 Å². The molecule has 1 N–H and O–H groups in total. The fourth-order valence-electron chi connectivity index (χ4n) is 3.25. The van der Waals surface area contributed by atoms with Gasteiger partial charge in [0.25, 0.3) is 5.91 Å². The average molecular weight is 323 g/mol. The lowest BCUT2D eigenvalue weighted by Crippen LogP contribution is -2.37. The van der Waals surface area contributed by atoms with Crippen LogP contribution >= 0.6 is 0 Å². The molecule has 3 rings (SSSR count). The topological polar surface area (TPSA) is 44.7 Å². The minimum absolute atomic E-state index is 0.0351. The molecule has 1 heterocycles. The second-order valence-electron chi connectivity index (χ2n) is 6.41. The summed E-state index contributed by atoms with van der Waals surface area (Å²) in [5, 5.41) is 6.46. The highest BCUT2D eigenvalue weighted by Gasteiger charge is 2.11. The highest BCUT2D eigenvalue weighted by molar-refractivity contribution is 5.99. The molecule has 1 amide bonds. The van der Waals surface area contributed by atoms with Crippen LogP contribution in [0.4, 0.5) is 0 Å². The van der Waals surface area contributed by atoms with Crippen molar-refractivity contribution in [3.63, 3.8) is 0 Å². The number of nitrogens with zero attached hydrogens (tertiary/aromatic N) is 2. The number of hydrogen-bond donors (Lipinski definition) is 1. The van der Waals surface area contributed by atoms with Crippen LogP contribution in [-0.4, -0.2) is 36.7 Å². The van der Waals surface area contributed by atoms with Gasteiger partial charge in [0, 0.05) is 5.56 Å². The zero-order chi connectivity index (χ0) is 16.6. The highest BCUT2D eigenvalue weighted by Crippen LogP contribution is 2.16. The van der Waals surface area contributed by atoms with Crippen LogP contribution in [0.3, 0.4) is 0 Å². The number of rotatable bonds is 4. The summed E-state index contributed by atoms with van der Waals surface area (Å²) < 4.78 is 0. The summed E-state index contributed by atoms with van der Waals surface area (Å²) >= 11 is 0. The van der Waals surface area contributed by atoms with E-state index < -0.39 is 0 Å². The lowest BCUT2D eigenvalue weighted by molar-refractivity contribution is -0.122. The lowest BCUT2D eigenvalue weighted by Gasteiger charge is -2.23. The van der Waals surface area contributed by atoms with Gasteiger partial charge in [0.2, 0.25) is 0 Å². The van der Waals surface area contributed by atoms with Gasteiger partial charge >= 0.3 is 0 Å². The maximum absolute atomic E-state index is 12.1. The summed E-state index contributed by atoms with van der Waals surface area (Å²) in [6, 6.07) is 14.3. The molecule has 4 heteroatoms. The van der Waals surface area contributed by atoms with Crippen LogP contribution in [0.25, 0.3) is 10.8 Å². The van der Waals surface area contributed by atoms with Crippen molar-refractivity contribution in [1.82, 2.24) is 10.3 Å². The van der Waals surface area contributed by atoms with E-state index in [9.17, 15) is 4.79 Å². The molecule has 0 spiro atoms. The van der Waals surface area contributed by atoms with E-state index in [1.54, 1.807) is 6.21 Å². The van der Waals surface area contributed by atoms with Crippen LogP contribution in [0.2, 0.25) is 0 Å². The van der Waals surface area contributed by atoms with E-state index in [1.807, 2.05) is 24.3 Å². The largest absolute Gasteiger partial charge is 0.294 e. The number of carbonyl (C=O) groups excluding carboxylic acids is 1. The Morgan fingerprint density at radius 3 is 2.54 bits per heavy atom. The molecule has 0 radical (unpaired) electrons. The monoisotopic (exact) mass is 323 g/mol. The van der Waals surface area contributed by atoms with Crippen molar-refractivity contribution in [2.24, 2.45) is 5.10 Å². The van der Waals surface area contributed by atoms with Gasteiger partial charge in [-0.2, -0.15) is 5.10 Å². The summed E-state index contributed by atoms with van der Waals surface area (Å²) in [7, 11) is 0. The Balaban J connectivity index is 1.56. The van der Waals surface area contributed by atoms with Gasteiger partial charge in [0.15, 0.2) is 0 Å². The van der Waals surface area contributed by atoms with E-state index in [0.717, 1.165) is 24.0 Å². The molecule has 4 nitrogen and oxygen atoms in total. The van der Waals surface area contributed by atoms with Crippen LogP contribution in [0, 0.1) is 0 Å². The fraction of sp³-hybridized carbons (Fsp3) is 0.400. The lowest BCUT2D eigenvalue weighted by atomic mass is 10.1. The predicted octanol–water partition coefficient (Wildman–Crippen LogP) is 3.56. The number of likely N-dealkylation sites (tertiary alicyclic amines) is 1. The molecule has 0 unspecified atom stereocenters. The molecular weight excluding hydrogens is 298 g/mol. The summed E-state index contributed by atoms with van der Waals surface area (Å²) in [4.78, 5) is 14.3. The molecule has 0 atom stereocenters. The van der Waals surface area contributed by atoms with Crippen molar-refractivity contribution in [2.45, 2.75) is 32.1 Å². The smallest absolute Gasteiger partial charge is 0.254 e. The molecule has 0 saturated carbocycles. The minimum atomic E-state index is -0.0351. The molecule has 0 aliphatic carbocycles. The summed E-state index contributed by atoms with van der Waals surface area (Å²) in [5.74, 6) is -0.0351. The SMILES string of the molecule is O=C(CN1CCCCCCC1)N/N=C\c1cccc2ccccc12. The summed E-state index contributed by atoms with van der Waals surface area (Å²) in [6.45, 7) is 2.47. The zero-order valence-corrected chi connectivity index (χ0v) is 14.1. The number of fused-ring (bicyclic) bond motifs is 1. The second-order valence-corrected chi connectivity index (χ2v) is 6.41. The molecule has 1 saturated heterocycles. The van der Waals surface area contributed by atoms with Gasteiger partial charge in [-0.25, -0.2) is 5.43 Å². The fourth-order valence-corrected chi connectivity index (χ4v) is 3.25. The third kappa shape index (κ3) is 4.65. The van der Waals surface area contributed by atoms with Crippen LogP contribution in [-0.2, 0) is 4.79 Å². The number of carbonyl (C=O) groups is 1. The highest BCUT2D eigenvalue weighted by atomic mass is 16.2. The molecule has 24 heavy (non-hydrogen) atoms. The van der Waals surface area contributed by atoms with Crippen LogP contribution in [0.1, 0.15) is 37.7 Å². The molecule has 1 aliphatic rings. The van der Waals surface area contributed by atoms with Gasteiger partial charge in [-0.05, 0) is 36.7 Å². The second kappa shape index (κ2) is 8.60. The Bertz CT molecular complexity index is 698. The van der Waals surface area contributed by atoms with Crippen LogP contribution in [0.15, 0.2) is 47.6 Å². The van der Waals surface area contributed by atoms with E-state index >= 15 is 0 Å². The molecule has 126 valence electrons. The Labute approximate surface area is 143 Å². The first-order chi connectivity index (χ1) is 11.8. The van der Waals surface area contributed by atoms with Crippen molar-refractivity contribution in [3.8, 4) is 0 Å². The third-order valence-corrected chi connectivity index (χ3v) is 4.53. The molecule has 2 aromatic rings. The van der Waals surface area contributed by atoms with Gasteiger partial charge < -0.3 is 0 Å². The molecule has 1 aliphatic heterocycles. The van der Waals surface area contributed by atoms with Crippen molar-refractivity contribution in [1.29, 1.82) is 0 Å². The van der Waals surface area contributed by atoms with Crippen LogP contribution < -0.4 is 5.43 Å². The molecular formula is C20H25N3O. The van der Waals surface area contributed by atoms with E-state index in [4.69, 9.17) is 0 Å². The number of hydrazone groups is 1. The summed E-state index contributed by atoms with van der Waals surface area (Å²) in [6.07, 6.45) is 7.98. The first-order valence-electron chi connectivity index (χ1n) is 8.85. The Morgan fingerprint density at radius 2 is 1.71 bits per heavy atom.